The zero-order valence-corrected chi connectivity index (χ0v) is 23.8. The van der Waals surface area contributed by atoms with E-state index in [9.17, 15) is 14.4 Å². The van der Waals surface area contributed by atoms with Crippen LogP contribution in [0.1, 0.15) is 51.6 Å². The van der Waals surface area contributed by atoms with E-state index in [-0.39, 0.29) is 29.8 Å². The van der Waals surface area contributed by atoms with Gasteiger partial charge in [0.1, 0.15) is 11.6 Å². The van der Waals surface area contributed by atoms with Crippen LogP contribution in [0.4, 0.5) is 5.69 Å². The second-order valence-electron chi connectivity index (χ2n) is 11.9. The summed E-state index contributed by atoms with van der Waals surface area (Å²) in [6, 6.07) is 15.4. The SMILES string of the molecule is C[C@H]1[C@H](C)CCC[C@@H]1NC(=O)[C@@H]1N([C@H](C)c2ccccc2)C(=O)[C@@H]2[C@H](C(=O)Nc3cccc(Cl)c3)[C@@H]3C=C[C@]21O3. The van der Waals surface area contributed by atoms with Crippen LogP contribution in [0.5, 0.6) is 0 Å². The summed E-state index contributed by atoms with van der Waals surface area (Å²) in [7, 11) is 0. The molecule has 2 N–H and O–H groups in total. The molecule has 2 saturated heterocycles. The summed E-state index contributed by atoms with van der Waals surface area (Å²) < 4.78 is 6.52. The Morgan fingerprint density at radius 1 is 1.07 bits per heavy atom. The Labute approximate surface area is 240 Å². The lowest BCUT2D eigenvalue weighted by Gasteiger charge is -2.39. The minimum atomic E-state index is -1.21. The summed E-state index contributed by atoms with van der Waals surface area (Å²) in [6.07, 6.45) is 6.22. The summed E-state index contributed by atoms with van der Waals surface area (Å²) >= 11 is 6.14. The van der Waals surface area contributed by atoms with E-state index in [2.05, 4.69) is 24.5 Å². The third-order valence-electron chi connectivity index (χ3n) is 9.69. The number of benzene rings is 2. The van der Waals surface area contributed by atoms with Gasteiger partial charge < -0.3 is 20.3 Å². The highest BCUT2D eigenvalue weighted by molar-refractivity contribution is 6.30. The first-order chi connectivity index (χ1) is 19.2. The average Bonchev–Trinajstić information content (AvgIpc) is 3.58. The zero-order valence-electron chi connectivity index (χ0n) is 23.0. The third kappa shape index (κ3) is 4.34. The van der Waals surface area contributed by atoms with Gasteiger partial charge in [0.25, 0.3) is 0 Å². The first-order valence-electron chi connectivity index (χ1n) is 14.3. The quantitative estimate of drug-likeness (QED) is 0.479. The zero-order chi connectivity index (χ0) is 28.2. The minimum absolute atomic E-state index is 0.0280. The number of carbonyl (C=O) groups excluding carboxylic acids is 3. The Bertz CT molecular complexity index is 1350. The number of hydrogen-bond acceptors (Lipinski definition) is 4. The molecule has 9 atom stereocenters. The summed E-state index contributed by atoms with van der Waals surface area (Å²) in [4.78, 5) is 44.0. The van der Waals surface area contributed by atoms with Crippen molar-refractivity contribution < 1.29 is 19.1 Å². The molecule has 3 fully saturated rings. The van der Waals surface area contributed by atoms with Gasteiger partial charge in [-0.15, -0.1) is 0 Å². The Morgan fingerprint density at radius 2 is 1.85 bits per heavy atom. The second kappa shape index (κ2) is 10.3. The molecule has 8 heteroatoms. The van der Waals surface area contributed by atoms with Crippen molar-refractivity contribution in [1.82, 2.24) is 10.2 Å². The molecule has 0 aromatic heterocycles. The Balaban J connectivity index is 1.35. The van der Waals surface area contributed by atoms with Crippen molar-refractivity contribution in [2.75, 3.05) is 5.32 Å². The van der Waals surface area contributed by atoms with Gasteiger partial charge >= 0.3 is 0 Å². The molecule has 3 heterocycles. The molecule has 0 unspecified atom stereocenters. The summed E-state index contributed by atoms with van der Waals surface area (Å²) in [5.41, 5.74) is 0.255. The van der Waals surface area contributed by atoms with E-state index < -0.39 is 29.6 Å². The standard InChI is InChI=1S/C32H36ClN3O4/c1-18-9-7-14-24(19(18)2)35-30(38)28-32-16-15-25(40-32)26(29(37)34-23-13-8-12-22(33)17-23)27(32)31(39)36(28)20(3)21-10-5-4-6-11-21/h4-6,8,10-13,15-20,24-28H,7,9,14H2,1-3H3,(H,34,37)(H,35,38)/t18-,19+,20-,24+,25+,26-,27+,28+,32+/m1/s1. The lowest BCUT2D eigenvalue weighted by molar-refractivity contribution is -0.144. The number of likely N-dealkylation sites (tertiary alicyclic amines) is 1. The van der Waals surface area contributed by atoms with Gasteiger partial charge in [-0.2, -0.15) is 0 Å². The summed E-state index contributed by atoms with van der Waals surface area (Å²) in [6.45, 7) is 6.36. The molecule has 1 spiro atoms. The second-order valence-corrected chi connectivity index (χ2v) is 12.4. The van der Waals surface area contributed by atoms with Crippen LogP contribution < -0.4 is 10.6 Å². The van der Waals surface area contributed by atoms with Crippen molar-refractivity contribution in [2.45, 2.75) is 69.9 Å². The molecule has 40 heavy (non-hydrogen) atoms. The monoisotopic (exact) mass is 561 g/mol. The maximum atomic E-state index is 14.4. The number of hydrogen-bond donors (Lipinski definition) is 2. The maximum Gasteiger partial charge on any atom is 0.246 e. The van der Waals surface area contributed by atoms with Gasteiger partial charge in [0.2, 0.25) is 17.7 Å². The normalized spacial score (nSPS) is 35.0. The predicted molar refractivity (Wildman–Crippen MR) is 153 cm³/mol. The van der Waals surface area contributed by atoms with Crippen molar-refractivity contribution in [3.8, 4) is 0 Å². The molecule has 7 nitrogen and oxygen atoms in total. The first kappa shape index (κ1) is 27.0. The minimum Gasteiger partial charge on any atom is -0.359 e. The molecule has 2 aromatic rings. The van der Waals surface area contributed by atoms with Gasteiger partial charge in [0.15, 0.2) is 0 Å². The molecular formula is C32H36ClN3O4. The highest BCUT2D eigenvalue weighted by atomic mass is 35.5. The third-order valence-corrected chi connectivity index (χ3v) is 9.92. The Kier molecular flexibility index (Phi) is 6.99. The highest BCUT2D eigenvalue weighted by Crippen LogP contribution is 2.56. The van der Waals surface area contributed by atoms with Crippen LogP contribution in [0.25, 0.3) is 0 Å². The molecular weight excluding hydrogens is 526 g/mol. The molecule has 2 aromatic carbocycles. The number of rotatable bonds is 6. The Hall–Kier alpha value is -3.16. The van der Waals surface area contributed by atoms with E-state index in [1.807, 2.05) is 49.4 Å². The molecule has 210 valence electrons. The van der Waals surface area contributed by atoms with E-state index in [4.69, 9.17) is 16.3 Å². The van der Waals surface area contributed by atoms with Crippen LogP contribution in [-0.2, 0) is 19.1 Å². The number of ether oxygens (including phenoxy) is 1. The molecule has 0 radical (unpaired) electrons. The molecule has 3 amide bonds. The lowest BCUT2D eigenvalue weighted by Crippen LogP contribution is -2.58. The topological polar surface area (TPSA) is 87.7 Å². The highest BCUT2D eigenvalue weighted by Gasteiger charge is 2.73. The van der Waals surface area contributed by atoms with Crippen molar-refractivity contribution in [1.29, 1.82) is 0 Å². The van der Waals surface area contributed by atoms with Gasteiger partial charge in [-0.1, -0.05) is 86.8 Å². The van der Waals surface area contributed by atoms with Crippen LogP contribution in [-0.4, -0.2) is 46.4 Å². The summed E-state index contributed by atoms with van der Waals surface area (Å²) in [5.74, 6) is -1.52. The van der Waals surface area contributed by atoms with E-state index in [0.29, 0.717) is 22.5 Å². The van der Waals surface area contributed by atoms with Gasteiger partial charge in [0, 0.05) is 16.8 Å². The number of nitrogens with zero attached hydrogens (tertiary/aromatic N) is 1. The fourth-order valence-corrected chi connectivity index (χ4v) is 7.55. The molecule has 1 saturated carbocycles. The fourth-order valence-electron chi connectivity index (χ4n) is 7.35. The fraction of sp³-hybridized carbons (Fsp3) is 0.469. The molecule has 2 bridgehead atoms. The molecule has 1 aliphatic carbocycles. The largest absolute Gasteiger partial charge is 0.359 e. The smallest absolute Gasteiger partial charge is 0.246 e. The molecule has 3 aliphatic heterocycles. The first-order valence-corrected chi connectivity index (χ1v) is 14.7. The van der Waals surface area contributed by atoms with Crippen molar-refractivity contribution in [3.63, 3.8) is 0 Å². The number of fused-ring (bicyclic) bond motifs is 1. The van der Waals surface area contributed by atoms with Gasteiger partial charge in [0.05, 0.1) is 24.0 Å². The average molecular weight is 562 g/mol. The van der Waals surface area contributed by atoms with Gasteiger partial charge in [-0.3, -0.25) is 14.4 Å². The van der Waals surface area contributed by atoms with E-state index in [0.717, 1.165) is 24.8 Å². The van der Waals surface area contributed by atoms with Gasteiger partial charge in [-0.05, 0) is 48.9 Å². The van der Waals surface area contributed by atoms with Crippen LogP contribution in [0.15, 0.2) is 66.7 Å². The predicted octanol–water partition coefficient (Wildman–Crippen LogP) is 5.13. The number of carbonyl (C=O) groups is 3. The number of halogens is 1. The van der Waals surface area contributed by atoms with E-state index in [1.54, 1.807) is 29.2 Å². The molecule has 6 rings (SSSR count). The van der Waals surface area contributed by atoms with Crippen molar-refractivity contribution in [2.24, 2.45) is 23.7 Å². The number of nitrogens with one attached hydrogen (secondary N) is 2. The number of anilines is 1. The van der Waals surface area contributed by atoms with Crippen LogP contribution in [0.3, 0.4) is 0 Å². The van der Waals surface area contributed by atoms with Crippen molar-refractivity contribution in [3.05, 3.63) is 77.3 Å². The molecule has 4 aliphatic rings. The number of amides is 3. The van der Waals surface area contributed by atoms with Crippen molar-refractivity contribution >= 4 is 35.0 Å². The van der Waals surface area contributed by atoms with Crippen LogP contribution in [0, 0.1) is 23.7 Å². The van der Waals surface area contributed by atoms with E-state index in [1.165, 1.54) is 0 Å². The van der Waals surface area contributed by atoms with Crippen LogP contribution in [0.2, 0.25) is 5.02 Å². The Morgan fingerprint density at radius 3 is 2.60 bits per heavy atom. The van der Waals surface area contributed by atoms with Crippen LogP contribution >= 0.6 is 11.6 Å². The summed E-state index contributed by atoms with van der Waals surface area (Å²) in [5, 5.41) is 6.74. The lowest BCUT2D eigenvalue weighted by atomic mass is 9.73. The van der Waals surface area contributed by atoms with Gasteiger partial charge in [-0.25, -0.2) is 0 Å². The van der Waals surface area contributed by atoms with E-state index >= 15 is 0 Å². The maximum absolute atomic E-state index is 14.4.